The van der Waals surface area contributed by atoms with Gasteiger partial charge in [0, 0.05) is 5.56 Å². The van der Waals surface area contributed by atoms with Crippen molar-refractivity contribution < 1.29 is 23.1 Å². The average molecular weight is 547 g/mol. The van der Waals surface area contributed by atoms with Crippen molar-refractivity contribution >= 4 is 21.7 Å². The molecule has 4 rings (SSSR count). The first-order valence-corrected chi connectivity index (χ1v) is 13.6. The molecular formula is C29H30N4O5S. The molecule has 2 aromatic carbocycles. The number of ether oxygens (including phenoxy) is 1. The third-order valence-electron chi connectivity index (χ3n) is 6.04. The molecule has 0 bridgehead atoms. The first kappa shape index (κ1) is 27.7. The van der Waals surface area contributed by atoms with Gasteiger partial charge in [0.05, 0.1) is 11.3 Å². The van der Waals surface area contributed by atoms with Crippen molar-refractivity contribution in [2.24, 2.45) is 0 Å². The fraction of sp³-hybridized carbons (Fsp3) is 0.207. The van der Waals surface area contributed by atoms with Crippen molar-refractivity contribution in [3.05, 3.63) is 94.5 Å². The molecule has 0 aliphatic heterocycles. The number of nitrogen functional groups attached to an aromatic ring is 1. The van der Waals surface area contributed by atoms with E-state index in [-0.39, 0.29) is 22.3 Å². The summed E-state index contributed by atoms with van der Waals surface area (Å²) in [7, 11) is -4.32. The predicted octanol–water partition coefficient (Wildman–Crippen LogP) is 4.79. The Morgan fingerprint density at radius 1 is 0.949 bits per heavy atom. The molecule has 0 unspecified atom stereocenters. The number of aromatic nitrogens is 2. The number of carbonyl (C=O) groups excluding carboxylic acids is 1. The largest absolute Gasteiger partial charge is 0.438 e. The molecule has 0 spiro atoms. The lowest BCUT2D eigenvalue weighted by Gasteiger charge is -2.18. The molecule has 0 saturated carbocycles. The second-order valence-electron chi connectivity index (χ2n) is 9.85. The van der Waals surface area contributed by atoms with Crippen LogP contribution < -0.4 is 15.2 Å². The number of benzene rings is 2. The molecule has 4 aromatic rings. The second-order valence-corrected chi connectivity index (χ2v) is 11.5. The summed E-state index contributed by atoms with van der Waals surface area (Å²) in [5.74, 6) is -0.492. The van der Waals surface area contributed by atoms with E-state index in [1.54, 1.807) is 44.2 Å². The molecule has 9 nitrogen and oxygen atoms in total. The molecule has 202 valence electrons. The summed E-state index contributed by atoms with van der Waals surface area (Å²) in [6.07, 6.45) is 0. The van der Waals surface area contributed by atoms with E-state index in [9.17, 15) is 18.3 Å². The molecule has 4 N–H and O–H groups in total. The molecule has 0 saturated heterocycles. The molecule has 10 heteroatoms. The standard InChI is InChI=1S/C29H30N4O5S/c1-17-15-18(2)26(19(3)16-17)38-28-22(27(34)33-39(36,37)25-8-6-7-24(30)32-25)13-14-23(31-28)20-9-11-21(12-10-20)29(4,5)35/h6-16,35H,1-5H3,(H2,30,32)(H,33,34). The highest BCUT2D eigenvalue weighted by Crippen LogP contribution is 2.33. The zero-order chi connectivity index (χ0) is 28.5. The van der Waals surface area contributed by atoms with Gasteiger partial charge in [-0.05, 0) is 75.6 Å². The number of sulfonamides is 1. The second kappa shape index (κ2) is 10.5. The van der Waals surface area contributed by atoms with Crippen LogP contribution in [-0.4, -0.2) is 29.4 Å². The van der Waals surface area contributed by atoms with Gasteiger partial charge in [-0.1, -0.05) is 48.0 Å². The summed E-state index contributed by atoms with van der Waals surface area (Å²) in [5, 5.41) is 9.89. The van der Waals surface area contributed by atoms with E-state index in [0.29, 0.717) is 17.0 Å². The van der Waals surface area contributed by atoms with Gasteiger partial charge < -0.3 is 15.6 Å². The van der Waals surface area contributed by atoms with Crippen LogP contribution >= 0.6 is 0 Å². The Morgan fingerprint density at radius 2 is 1.59 bits per heavy atom. The van der Waals surface area contributed by atoms with Gasteiger partial charge in [-0.15, -0.1) is 0 Å². The van der Waals surface area contributed by atoms with Crippen LogP contribution in [0.3, 0.4) is 0 Å². The predicted molar refractivity (Wildman–Crippen MR) is 149 cm³/mol. The fourth-order valence-corrected chi connectivity index (χ4v) is 5.08. The normalized spacial score (nSPS) is 11.7. The Bertz CT molecular complexity index is 1640. The SMILES string of the molecule is Cc1cc(C)c(Oc2nc(-c3ccc(C(C)(C)O)cc3)ccc2C(=O)NS(=O)(=O)c2cccc(N)n2)c(C)c1. The van der Waals surface area contributed by atoms with E-state index in [1.165, 1.54) is 24.3 Å². The van der Waals surface area contributed by atoms with Crippen LogP contribution in [0.25, 0.3) is 11.3 Å². The van der Waals surface area contributed by atoms with Crippen LogP contribution in [0.15, 0.2) is 71.8 Å². The summed E-state index contributed by atoms with van der Waals surface area (Å²) < 4.78 is 33.9. The van der Waals surface area contributed by atoms with E-state index in [1.807, 2.05) is 37.6 Å². The highest BCUT2D eigenvalue weighted by Gasteiger charge is 2.25. The maximum absolute atomic E-state index is 13.3. The number of rotatable bonds is 7. The topological polar surface area (TPSA) is 144 Å². The Morgan fingerprint density at radius 3 is 2.18 bits per heavy atom. The molecule has 0 radical (unpaired) electrons. The number of anilines is 1. The average Bonchev–Trinajstić information content (AvgIpc) is 2.85. The molecule has 2 heterocycles. The summed E-state index contributed by atoms with van der Waals surface area (Å²) in [6.45, 7) is 9.11. The molecule has 2 aromatic heterocycles. The van der Waals surface area contributed by atoms with Crippen LogP contribution in [0.5, 0.6) is 11.6 Å². The minimum absolute atomic E-state index is 0.00120. The first-order valence-electron chi connectivity index (χ1n) is 12.1. The number of nitrogens with zero attached hydrogens (tertiary/aromatic N) is 2. The molecule has 0 atom stereocenters. The van der Waals surface area contributed by atoms with Gasteiger partial charge in [-0.2, -0.15) is 8.42 Å². The van der Waals surface area contributed by atoms with E-state index in [4.69, 9.17) is 10.5 Å². The Hall–Kier alpha value is -4.28. The summed E-state index contributed by atoms with van der Waals surface area (Å²) >= 11 is 0. The molecular weight excluding hydrogens is 516 g/mol. The molecule has 39 heavy (non-hydrogen) atoms. The lowest BCUT2D eigenvalue weighted by Crippen LogP contribution is -2.31. The lowest BCUT2D eigenvalue weighted by molar-refractivity contribution is 0.0786. The third-order valence-corrected chi connectivity index (χ3v) is 7.28. The Kier molecular flexibility index (Phi) is 7.45. The maximum Gasteiger partial charge on any atom is 0.281 e. The van der Waals surface area contributed by atoms with E-state index < -0.39 is 21.5 Å². The summed E-state index contributed by atoms with van der Waals surface area (Å²) in [6, 6.07) is 18.2. The highest BCUT2D eigenvalue weighted by atomic mass is 32.2. The summed E-state index contributed by atoms with van der Waals surface area (Å²) in [5.41, 5.74) is 9.17. The van der Waals surface area contributed by atoms with Crippen molar-refractivity contribution in [3.63, 3.8) is 0 Å². The van der Waals surface area contributed by atoms with E-state index >= 15 is 0 Å². The number of carbonyl (C=O) groups is 1. The zero-order valence-electron chi connectivity index (χ0n) is 22.3. The van der Waals surface area contributed by atoms with Crippen molar-refractivity contribution in [2.75, 3.05) is 5.73 Å². The number of nitrogens with one attached hydrogen (secondary N) is 1. The van der Waals surface area contributed by atoms with Gasteiger partial charge in [0.2, 0.25) is 5.88 Å². The van der Waals surface area contributed by atoms with Crippen molar-refractivity contribution in [3.8, 4) is 22.9 Å². The van der Waals surface area contributed by atoms with Crippen LogP contribution in [-0.2, 0) is 15.6 Å². The monoisotopic (exact) mass is 546 g/mol. The number of hydrogen-bond acceptors (Lipinski definition) is 8. The van der Waals surface area contributed by atoms with Crippen LogP contribution in [0, 0.1) is 20.8 Å². The summed E-state index contributed by atoms with van der Waals surface area (Å²) in [4.78, 5) is 21.7. The fourth-order valence-electron chi connectivity index (χ4n) is 4.13. The molecule has 0 aliphatic rings. The van der Waals surface area contributed by atoms with Gasteiger partial charge in [0.15, 0.2) is 5.03 Å². The lowest BCUT2D eigenvalue weighted by atomic mass is 9.96. The molecule has 0 fully saturated rings. The van der Waals surface area contributed by atoms with Crippen LogP contribution in [0.4, 0.5) is 5.82 Å². The van der Waals surface area contributed by atoms with Crippen molar-refractivity contribution in [1.82, 2.24) is 14.7 Å². The number of amides is 1. The van der Waals surface area contributed by atoms with Gasteiger partial charge in [0.1, 0.15) is 17.1 Å². The van der Waals surface area contributed by atoms with Gasteiger partial charge in [-0.25, -0.2) is 14.7 Å². The van der Waals surface area contributed by atoms with Crippen molar-refractivity contribution in [1.29, 1.82) is 0 Å². The van der Waals surface area contributed by atoms with Crippen LogP contribution in [0.1, 0.15) is 46.5 Å². The van der Waals surface area contributed by atoms with Crippen molar-refractivity contribution in [2.45, 2.75) is 45.2 Å². The number of nitrogens with two attached hydrogens (primary N) is 1. The minimum Gasteiger partial charge on any atom is -0.438 e. The Labute approximate surface area is 227 Å². The van der Waals surface area contributed by atoms with E-state index in [2.05, 4.69) is 9.97 Å². The first-order chi connectivity index (χ1) is 18.2. The van der Waals surface area contributed by atoms with Gasteiger partial charge in [-0.3, -0.25) is 4.79 Å². The maximum atomic E-state index is 13.3. The van der Waals surface area contributed by atoms with E-state index in [0.717, 1.165) is 22.3 Å². The highest BCUT2D eigenvalue weighted by molar-refractivity contribution is 7.90. The molecule has 1 amide bonds. The van der Waals surface area contributed by atoms with Gasteiger partial charge >= 0.3 is 0 Å². The zero-order valence-corrected chi connectivity index (χ0v) is 23.1. The minimum atomic E-state index is -4.32. The Balaban J connectivity index is 1.77. The quantitative estimate of drug-likeness (QED) is 0.300. The van der Waals surface area contributed by atoms with Crippen LogP contribution in [0.2, 0.25) is 0 Å². The number of hydrogen-bond donors (Lipinski definition) is 3. The third kappa shape index (κ3) is 6.24. The number of aryl methyl sites for hydroxylation is 3. The number of pyridine rings is 2. The van der Waals surface area contributed by atoms with Gasteiger partial charge in [0.25, 0.3) is 15.9 Å². The number of aliphatic hydroxyl groups is 1. The smallest absolute Gasteiger partial charge is 0.281 e. The molecule has 0 aliphatic carbocycles.